The largest absolute Gasteiger partial charge is 0.461 e. The predicted molar refractivity (Wildman–Crippen MR) is 146 cm³/mol. The van der Waals surface area contributed by atoms with Gasteiger partial charge in [0, 0.05) is 37.8 Å². The second kappa shape index (κ2) is 9.08. The summed E-state index contributed by atoms with van der Waals surface area (Å²) >= 11 is 0. The molecule has 0 spiro atoms. The van der Waals surface area contributed by atoms with Gasteiger partial charge in [0.25, 0.3) is 0 Å². The van der Waals surface area contributed by atoms with E-state index >= 15 is 4.39 Å². The maximum Gasteiger partial charge on any atom is 0.319 e. The Kier molecular flexibility index (Phi) is 5.58. The molecule has 3 aromatic rings. The molecule has 2 aromatic heterocycles. The van der Waals surface area contributed by atoms with Gasteiger partial charge in [-0.3, -0.25) is 9.88 Å². The normalized spacial score (nSPS) is 29.8. The number of aromatic nitrogens is 3. The van der Waals surface area contributed by atoms with Gasteiger partial charge in [0.15, 0.2) is 5.82 Å². The maximum absolute atomic E-state index is 16.4. The van der Waals surface area contributed by atoms with Crippen LogP contribution in [0.5, 0.6) is 6.01 Å². The van der Waals surface area contributed by atoms with E-state index in [4.69, 9.17) is 9.72 Å². The number of piperidine rings is 1. The van der Waals surface area contributed by atoms with E-state index in [0.29, 0.717) is 42.5 Å². The molecular formula is C31H35F2N5O. The van der Waals surface area contributed by atoms with Crippen molar-refractivity contribution < 1.29 is 13.5 Å². The molecule has 4 fully saturated rings. The summed E-state index contributed by atoms with van der Waals surface area (Å²) in [5.74, 6) is 1.60. The molecule has 5 aliphatic rings. The molecule has 8 heteroatoms. The van der Waals surface area contributed by atoms with Crippen LogP contribution in [0.2, 0.25) is 0 Å². The van der Waals surface area contributed by atoms with Crippen molar-refractivity contribution >= 4 is 16.7 Å². The first-order valence-electron chi connectivity index (χ1n) is 14.8. The lowest BCUT2D eigenvalue weighted by Gasteiger charge is -2.34. The SMILES string of the molecule is Fc1c(-c2cccc3c2CCC3)ncc2c(N3CC4CCC(C4)C3)nc(OC[C@@]34CCCN3C[C@H](F)C4)nc12. The molecule has 8 rings (SSSR count). The number of pyridine rings is 1. The van der Waals surface area contributed by atoms with E-state index in [9.17, 15) is 4.39 Å². The minimum Gasteiger partial charge on any atom is -0.461 e. The van der Waals surface area contributed by atoms with Crippen molar-refractivity contribution in [2.75, 3.05) is 37.7 Å². The first kappa shape index (κ1) is 24.0. The van der Waals surface area contributed by atoms with E-state index in [0.717, 1.165) is 63.1 Å². The Hall–Kier alpha value is -2.87. The molecule has 2 unspecified atom stereocenters. The van der Waals surface area contributed by atoms with Crippen molar-refractivity contribution in [1.82, 2.24) is 19.9 Å². The third-order valence-corrected chi connectivity index (χ3v) is 10.2. The van der Waals surface area contributed by atoms with Gasteiger partial charge in [-0.05, 0) is 80.9 Å². The fourth-order valence-corrected chi connectivity index (χ4v) is 8.39. The third-order valence-electron chi connectivity index (χ3n) is 10.2. The zero-order valence-corrected chi connectivity index (χ0v) is 22.3. The summed E-state index contributed by atoms with van der Waals surface area (Å²) in [4.78, 5) is 18.8. The summed E-state index contributed by atoms with van der Waals surface area (Å²) in [5, 5.41) is 0.642. The number of anilines is 1. The Bertz CT molecular complexity index is 1440. The highest BCUT2D eigenvalue weighted by atomic mass is 19.1. The maximum atomic E-state index is 16.4. The van der Waals surface area contributed by atoms with Gasteiger partial charge >= 0.3 is 6.01 Å². The van der Waals surface area contributed by atoms with Gasteiger partial charge < -0.3 is 9.64 Å². The highest BCUT2D eigenvalue weighted by molar-refractivity contribution is 5.92. The standard InChI is InChI=1S/C31H35F2N5O/c32-22-13-31(10-3-11-38(31)17-22)18-39-30-35-28-25(29(36-30)37-15-19-8-9-20(12-19)16-37)14-34-27(26(28)33)24-7-2-5-21-4-1-6-23(21)24/h2,5,7,14,19-20,22H,1,3-4,6,8-13,15-18H2/t19?,20?,22-,31+/m1/s1. The summed E-state index contributed by atoms with van der Waals surface area (Å²) in [7, 11) is 0. The summed E-state index contributed by atoms with van der Waals surface area (Å²) in [6.45, 7) is 3.52. The molecule has 204 valence electrons. The van der Waals surface area contributed by atoms with Crippen molar-refractivity contribution in [3.05, 3.63) is 41.3 Å². The van der Waals surface area contributed by atoms with Gasteiger partial charge in [-0.15, -0.1) is 0 Å². The zero-order valence-electron chi connectivity index (χ0n) is 22.3. The summed E-state index contributed by atoms with van der Waals surface area (Å²) in [5.41, 5.74) is 3.66. The van der Waals surface area contributed by atoms with Gasteiger partial charge in [-0.2, -0.15) is 9.97 Å². The number of halogens is 2. The van der Waals surface area contributed by atoms with Gasteiger partial charge in [0.1, 0.15) is 29.8 Å². The average Bonchev–Trinajstić information content (AvgIpc) is 3.71. The van der Waals surface area contributed by atoms with E-state index in [1.165, 1.54) is 30.4 Å². The molecule has 3 saturated heterocycles. The number of benzene rings is 1. The molecule has 3 aliphatic heterocycles. The lowest BCUT2D eigenvalue weighted by molar-refractivity contribution is 0.107. The summed E-state index contributed by atoms with van der Waals surface area (Å²) < 4.78 is 37.1. The fourth-order valence-electron chi connectivity index (χ4n) is 8.39. The van der Waals surface area contributed by atoms with E-state index < -0.39 is 12.0 Å². The first-order valence-corrected chi connectivity index (χ1v) is 14.8. The van der Waals surface area contributed by atoms with Crippen LogP contribution in [0.3, 0.4) is 0 Å². The smallest absolute Gasteiger partial charge is 0.319 e. The lowest BCUT2D eigenvalue weighted by Crippen LogP contribution is -2.43. The number of aryl methyl sites for hydroxylation is 1. The Balaban J connectivity index is 1.22. The van der Waals surface area contributed by atoms with Gasteiger partial charge in [-0.25, -0.2) is 8.78 Å². The quantitative estimate of drug-likeness (QED) is 0.433. The number of hydrogen-bond donors (Lipinski definition) is 0. The Labute approximate surface area is 227 Å². The molecule has 0 N–H and O–H groups in total. The minimum atomic E-state index is -0.829. The topological polar surface area (TPSA) is 54.4 Å². The highest BCUT2D eigenvalue weighted by Crippen LogP contribution is 2.43. The van der Waals surface area contributed by atoms with Gasteiger partial charge in [0.2, 0.25) is 0 Å². The number of hydrogen-bond acceptors (Lipinski definition) is 6. The molecule has 6 nitrogen and oxygen atoms in total. The number of ether oxygens (including phenoxy) is 1. The Morgan fingerprint density at radius 2 is 1.92 bits per heavy atom. The third kappa shape index (κ3) is 3.92. The molecule has 5 heterocycles. The van der Waals surface area contributed by atoms with Crippen LogP contribution in [0.25, 0.3) is 22.2 Å². The first-order chi connectivity index (χ1) is 19.1. The molecule has 0 amide bonds. The second-order valence-electron chi connectivity index (χ2n) is 12.6. The summed E-state index contributed by atoms with van der Waals surface area (Å²) in [6, 6.07) is 6.30. The predicted octanol–water partition coefficient (Wildman–Crippen LogP) is 5.51. The van der Waals surface area contributed by atoms with Crippen LogP contribution in [0.4, 0.5) is 14.6 Å². The van der Waals surface area contributed by atoms with Crippen LogP contribution in [0, 0.1) is 17.7 Å². The van der Waals surface area contributed by atoms with Crippen molar-refractivity contribution in [1.29, 1.82) is 0 Å². The number of fused-ring (bicyclic) bond motifs is 5. The monoisotopic (exact) mass is 531 g/mol. The molecule has 1 saturated carbocycles. The van der Waals surface area contributed by atoms with Crippen molar-refractivity contribution in [3.63, 3.8) is 0 Å². The van der Waals surface area contributed by atoms with Crippen LogP contribution in [-0.2, 0) is 12.8 Å². The van der Waals surface area contributed by atoms with Gasteiger partial charge in [-0.1, -0.05) is 18.2 Å². The van der Waals surface area contributed by atoms with E-state index in [2.05, 4.69) is 25.8 Å². The van der Waals surface area contributed by atoms with Gasteiger partial charge in [0.05, 0.1) is 10.9 Å². The van der Waals surface area contributed by atoms with Crippen molar-refractivity contribution in [2.24, 2.45) is 11.8 Å². The second-order valence-corrected chi connectivity index (χ2v) is 12.6. The van der Waals surface area contributed by atoms with Crippen LogP contribution < -0.4 is 9.64 Å². The van der Waals surface area contributed by atoms with Crippen LogP contribution in [0.1, 0.15) is 56.1 Å². The molecule has 2 bridgehead atoms. The summed E-state index contributed by atoms with van der Waals surface area (Å²) in [6.07, 6.45) is 10.2. The molecular weight excluding hydrogens is 496 g/mol. The zero-order chi connectivity index (χ0) is 26.1. The van der Waals surface area contributed by atoms with Crippen LogP contribution in [0.15, 0.2) is 24.4 Å². The lowest BCUT2D eigenvalue weighted by atomic mass is 9.95. The van der Waals surface area contributed by atoms with Crippen molar-refractivity contribution in [3.8, 4) is 17.3 Å². The number of nitrogens with zero attached hydrogens (tertiary/aromatic N) is 5. The molecule has 39 heavy (non-hydrogen) atoms. The van der Waals surface area contributed by atoms with E-state index in [1.807, 2.05) is 12.1 Å². The van der Waals surface area contributed by atoms with Crippen LogP contribution in [-0.4, -0.2) is 64.3 Å². The van der Waals surface area contributed by atoms with Crippen LogP contribution >= 0.6 is 0 Å². The van der Waals surface area contributed by atoms with E-state index in [1.54, 1.807) is 6.20 Å². The average molecular weight is 532 g/mol. The highest BCUT2D eigenvalue weighted by Gasteiger charge is 2.49. The molecule has 0 radical (unpaired) electrons. The Morgan fingerprint density at radius 1 is 1.05 bits per heavy atom. The molecule has 4 atom stereocenters. The number of alkyl halides is 1. The molecule has 2 aliphatic carbocycles. The molecule has 1 aromatic carbocycles. The van der Waals surface area contributed by atoms with E-state index in [-0.39, 0.29) is 17.1 Å². The minimum absolute atomic E-state index is 0.188. The Morgan fingerprint density at radius 3 is 2.79 bits per heavy atom. The fraction of sp³-hybridized carbons (Fsp3) is 0.581. The van der Waals surface area contributed by atoms with Crippen molar-refractivity contribution in [2.45, 2.75) is 69.5 Å². The number of rotatable bonds is 5.